The molecule has 3 amide bonds. The van der Waals surface area contributed by atoms with E-state index in [-0.39, 0.29) is 18.5 Å². The number of nitrogens with one attached hydrogen (secondary N) is 3. The molecule has 0 heterocycles. The summed E-state index contributed by atoms with van der Waals surface area (Å²) in [5.74, 6) is -0.429. The number of methoxy groups -OCH3 is 1. The number of halogens is 1. The van der Waals surface area contributed by atoms with Crippen molar-refractivity contribution < 1.29 is 27.1 Å². The summed E-state index contributed by atoms with van der Waals surface area (Å²) in [5.41, 5.74) is 1.43. The number of urea groups is 1. The minimum atomic E-state index is -4.34. The molecule has 3 aromatic rings. The zero-order valence-corrected chi connectivity index (χ0v) is 20.6. The minimum absolute atomic E-state index is 0.113. The van der Waals surface area contributed by atoms with Crippen LogP contribution in [0.15, 0.2) is 78.9 Å². The van der Waals surface area contributed by atoms with Crippen LogP contribution in [0.1, 0.15) is 11.1 Å². The molecule has 9 nitrogen and oxygen atoms in total. The molecule has 0 aromatic heterocycles. The third-order valence-corrected chi connectivity index (χ3v) is 6.29. The second-order valence-corrected chi connectivity index (χ2v) is 9.33. The Kier molecular flexibility index (Phi) is 8.98. The topological polar surface area (TPSA) is 117 Å². The van der Waals surface area contributed by atoms with Crippen molar-refractivity contribution in [3.8, 4) is 5.75 Å². The van der Waals surface area contributed by atoms with Gasteiger partial charge >= 0.3 is 16.2 Å². The van der Waals surface area contributed by atoms with Crippen LogP contribution in [0.3, 0.4) is 0 Å². The fourth-order valence-corrected chi connectivity index (χ4v) is 4.10. The van der Waals surface area contributed by atoms with Gasteiger partial charge in [-0.1, -0.05) is 48.5 Å². The van der Waals surface area contributed by atoms with Crippen LogP contribution >= 0.6 is 0 Å². The fraction of sp³-hybridized carbons (Fsp3) is 0.200. The van der Waals surface area contributed by atoms with Crippen LogP contribution in [0.2, 0.25) is 0 Å². The van der Waals surface area contributed by atoms with Crippen molar-refractivity contribution in [3.05, 3.63) is 95.8 Å². The van der Waals surface area contributed by atoms with Gasteiger partial charge in [-0.25, -0.2) is 13.9 Å². The Hall–Kier alpha value is -3.96. The van der Waals surface area contributed by atoms with Crippen LogP contribution in [-0.4, -0.2) is 40.6 Å². The molecule has 0 bridgehead atoms. The van der Waals surface area contributed by atoms with Crippen LogP contribution in [-0.2, 0) is 28.0 Å². The lowest BCUT2D eigenvalue weighted by Gasteiger charge is -2.25. The van der Waals surface area contributed by atoms with E-state index >= 15 is 0 Å². The highest BCUT2D eigenvalue weighted by Gasteiger charge is 2.27. The summed E-state index contributed by atoms with van der Waals surface area (Å²) in [6.07, 6.45) is 0.121. The first-order valence-corrected chi connectivity index (χ1v) is 12.4. The van der Waals surface area contributed by atoms with Crippen LogP contribution in [0.4, 0.5) is 14.9 Å². The molecule has 0 aliphatic rings. The van der Waals surface area contributed by atoms with Gasteiger partial charge in [0.2, 0.25) is 5.91 Å². The predicted molar refractivity (Wildman–Crippen MR) is 134 cm³/mol. The van der Waals surface area contributed by atoms with Crippen LogP contribution in [0, 0.1) is 5.82 Å². The number of hydrogen-bond acceptors (Lipinski definition) is 5. The van der Waals surface area contributed by atoms with E-state index in [9.17, 15) is 22.4 Å². The van der Waals surface area contributed by atoms with E-state index in [1.807, 2.05) is 10.8 Å². The van der Waals surface area contributed by atoms with Crippen molar-refractivity contribution >= 4 is 27.8 Å². The average molecular weight is 515 g/mol. The van der Waals surface area contributed by atoms with Crippen molar-refractivity contribution in [1.82, 2.24) is 14.8 Å². The Bertz CT molecular complexity index is 1290. The normalized spacial score (nSPS) is 11.9. The zero-order valence-electron chi connectivity index (χ0n) is 19.8. The van der Waals surface area contributed by atoms with Gasteiger partial charge in [-0.3, -0.25) is 4.79 Å². The fourth-order valence-electron chi connectivity index (χ4n) is 3.38. The first-order valence-electron chi connectivity index (χ1n) is 11.0. The molecule has 190 valence electrons. The highest BCUT2D eigenvalue weighted by atomic mass is 32.2. The Morgan fingerprint density at radius 3 is 2.25 bits per heavy atom. The number of rotatable bonds is 10. The molecule has 3 aromatic carbocycles. The Balaban J connectivity index is 1.71. The van der Waals surface area contributed by atoms with E-state index in [0.29, 0.717) is 11.4 Å². The summed E-state index contributed by atoms with van der Waals surface area (Å²) in [5, 5.41) is 2.44. The monoisotopic (exact) mass is 514 g/mol. The molecule has 3 rings (SSSR count). The molecule has 0 unspecified atom stereocenters. The average Bonchev–Trinajstić information content (AvgIpc) is 2.87. The van der Waals surface area contributed by atoms with Gasteiger partial charge in [0.1, 0.15) is 17.6 Å². The highest BCUT2D eigenvalue weighted by molar-refractivity contribution is 7.88. The van der Waals surface area contributed by atoms with E-state index in [2.05, 4.69) is 10.0 Å². The van der Waals surface area contributed by atoms with Crippen molar-refractivity contribution in [1.29, 1.82) is 0 Å². The number of carbonyl (C=O) groups is 2. The van der Waals surface area contributed by atoms with E-state index in [4.69, 9.17) is 4.74 Å². The van der Waals surface area contributed by atoms with Crippen molar-refractivity contribution in [2.45, 2.75) is 19.0 Å². The molecular weight excluding hydrogens is 487 g/mol. The third-order valence-electron chi connectivity index (χ3n) is 5.31. The summed E-state index contributed by atoms with van der Waals surface area (Å²) >= 11 is 0. The van der Waals surface area contributed by atoms with Gasteiger partial charge in [-0.15, -0.1) is 0 Å². The maximum Gasteiger partial charge on any atom is 0.330 e. The van der Waals surface area contributed by atoms with Crippen molar-refractivity contribution in [3.63, 3.8) is 0 Å². The molecule has 36 heavy (non-hydrogen) atoms. The van der Waals surface area contributed by atoms with Gasteiger partial charge in [0, 0.05) is 31.3 Å². The summed E-state index contributed by atoms with van der Waals surface area (Å²) in [7, 11) is -1.26. The van der Waals surface area contributed by atoms with E-state index in [1.165, 1.54) is 30.2 Å². The number of carbonyl (C=O) groups excluding carboxylic acids is 2. The summed E-state index contributed by atoms with van der Waals surface area (Å²) in [6.45, 7) is -0.359. The van der Waals surface area contributed by atoms with E-state index in [0.717, 1.165) is 5.56 Å². The van der Waals surface area contributed by atoms with Gasteiger partial charge < -0.3 is 15.0 Å². The molecular formula is C25H27FN4O5S. The van der Waals surface area contributed by atoms with Crippen LogP contribution in [0.5, 0.6) is 5.75 Å². The highest BCUT2D eigenvalue weighted by Crippen LogP contribution is 2.19. The Labute approximate surface area is 209 Å². The predicted octanol–water partition coefficient (Wildman–Crippen LogP) is 2.74. The summed E-state index contributed by atoms with van der Waals surface area (Å²) in [6, 6.07) is 19.2. The molecule has 0 aliphatic heterocycles. The lowest BCUT2D eigenvalue weighted by Crippen LogP contribution is -2.54. The maximum absolute atomic E-state index is 13.8. The molecule has 0 saturated heterocycles. The lowest BCUT2D eigenvalue weighted by molar-refractivity contribution is -0.120. The first kappa shape index (κ1) is 26.6. The summed E-state index contributed by atoms with van der Waals surface area (Å²) in [4.78, 5) is 27.2. The second-order valence-electron chi connectivity index (χ2n) is 7.83. The number of ether oxygens (including phenoxy) is 1. The Morgan fingerprint density at radius 2 is 1.61 bits per heavy atom. The summed E-state index contributed by atoms with van der Waals surface area (Å²) < 4.78 is 47.5. The minimum Gasteiger partial charge on any atom is -0.497 e. The van der Waals surface area contributed by atoms with Gasteiger partial charge in [0.05, 0.1) is 7.11 Å². The van der Waals surface area contributed by atoms with Crippen LogP contribution < -0.4 is 24.4 Å². The van der Waals surface area contributed by atoms with Crippen LogP contribution in [0.25, 0.3) is 0 Å². The molecule has 3 N–H and O–H groups in total. The number of amides is 3. The van der Waals surface area contributed by atoms with Crippen molar-refractivity contribution in [2.24, 2.45) is 0 Å². The first-order chi connectivity index (χ1) is 17.2. The third kappa shape index (κ3) is 7.52. The smallest absolute Gasteiger partial charge is 0.330 e. The SMILES string of the molecule is COc1ccc(N(C)C(=O)[C@H](Cc2ccccc2)NC(=O)NS(=O)(=O)NCc2ccccc2F)cc1. The van der Waals surface area contributed by atoms with Gasteiger partial charge in [-0.2, -0.15) is 13.1 Å². The molecule has 0 saturated carbocycles. The maximum atomic E-state index is 13.8. The largest absolute Gasteiger partial charge is 0.497 e. The molecule has 0 spiro atoms. The molecule has 0 radical (unpaired) electrons. The number of likely N-dealkylation sites (N-methyl/N-ethyl adjacent to an activating group) is 1. The number of nitrogens with zero attached hydrogens (tertiary/aromatic N) is 1. The number of anilines is 1. The van der Waals surface area contributed by atoms with E-state index in [1.54, 1.807) is 61.6 Å². The van der Waals surface area contributed by atoms with Gasteiger partial charge in [0.15, 0.2) is 0 Å². The number of benzene rings is 3. The van der Waals surface area contributed by atoms with Crippen molar-refractivity contribution in [2.75, 3.05) is 19.1 Å². The second kappa shape index (κ2) is 12.1. The van der Waals surface area contributed by atoms with E-state index < -0.39 is 34.0 Å². The Morgan fingerprint density at radius 1 is 0.972 bits per heavy atom. The number of hydrogen-bond donors (Lipinski definition) is 3. The quantitative estimate of drug-likeness (QED) is 0.385. The standard InChI is InChI=1S/C25H27FN4O5S/c1-30(20-12-14-21(35-2)15-13-20)24(31)23(16-18-8-4-3-5-9-18)28-25(32)29-36(33,34)27-17-19-10-6-7-11-22(19)26/h3-15,23,27H,16-17H2,1-2H3,(H2,28,29,32)/t23-/m0/s1. The zero-order chi connectivity index (χ0) is 26.1. The lowest BCUT2D eigenvalue weighted by atomic mass is 10.0. The molecule has 0 aliphatic carbocycles. The molecule has 1 atom stereocenters. The van der Waals surface area contributed by atoms with Gasteiger partial charge in [0.25, 0.3) is 0 Å². The van der Waals surface area contributed by atoms with Gasteiger partial charge in [-0.05, 0) is 35.9 Å². The molecule has 0 fully saturated rings. The molecule has 11 heteroatoms.